The van der Waals surface area contributed by atoms with E-state index >= 15 is 13.2 Å². The molecule has 6 rings (SSSR count). The van der Waals surface area contributed by atoms with Gasteiger partial charge in [0.15, 0.2) is 17.2 Å². The lowest BCUT2D eigenvalue weighted by Crippen LogP contribution is -2.53. The molecule has 0 radical (unpaired) electrons. The minimum absolute atomic E-state index is 0.0911. The quantitative estimate of drug-likeness (QED) is 0.113. The minimum Gasteiger partial charge on any atom is -0.493 e. The van der Waals surface area contributed by atoms with Gasteiger partial charge in [0.05, 0.1) is 26.7 Å². The third-order valence-corrected chi connectivity index (χ3v) is 9.24. The molecule has 11 heteroatoms. The molecule has 0 spiro atoms. The van der Waals surface area contributed by atoms with Gasteiger partial charge in [-0.3, -0.25) is 9.69 Å². The molecular weight excluding hydrogens is 647 g/mol. The maximum Gasteiger partial charge on any atom is 0.422 e. The number of halogens is 3. The van der Waals surface area contributed by atoms with Crippen molar-refractivity contribution in [3.63, 3.8) is 0 Å². The van der Waals surface area contributed by atoms with E-state index in [1.807, 2.05) is 42.5 Å². The van der Waals surface area contributed by atoms with Crippen LogP contribution in [0.25, 0.3) is 26.5 Å². The predicted octanol–water partition coefficient (Wildman–Crippen LogP) is 7.80. The van der Waals surface area contributed by atoms with Crippen LogP contribution in [0.4, 0.5) is 18.9 Å². The number of methoxy groups -OCH3 is 1. The summed E-state index contributed by atoms with van der Waals surface area (Å²) in [4.78, 5) is 17.0. The standard InChI is InChI=1S/C39H38F3N3O5/c1-4-49-37(46)21-26-10-14-35(36(20-26)48-3)50-31-15-17-44(18-16-31)25-38(47,39(40,41)42)33-24-45(34-22-30(43-2)12-13-32(33)34)23-27-9-11-28-7-5-6-8-29(28)19-27/h5-14,19-20,22,24,31,47H,4,15-18,21,23,25H2,1,3H3. The number of alkyl halides is 3. The first-order valence-electron chi connectivity index (χ1n) is 16.5. The average molecular weight is 686 g/mol. The number of piperidine rings is 1. The lowest BCUT2D eigenvalue weighted by atomic mass is 9.91. The van der Waals surface area contributed by atoms with E-state index < -0.39 is 18.3 Å². The number of nitrogens with zero attached hydrogens (tertiary/aromatic N) is 3. The first-order chi connectivity index (χ1) is 24.0. The second kappa shape index (κ2) is 14.4. The fourth-order valence-electron chi connectivity index (χ4n) is 6.66. The van der Waals surface area contributed by atoms with Crippen LogP contribution in [0.3, 0.4) is 0 Å². The molecule has 0 amide bonds. The van der Waals surface area contributed by atoms with Crippen LogP contribution in [0, 0.1) is 6.57 Å². The van der Waals surface area contributed by atoms with Crippen LogP contribution >= 0.6 is 0 Å². The number of esters is 1. The van der Waals surface area contributed by atoms with Gasteiger partial charge in [-0.15, -0.1) is 0 Å². The number of hydrogen-bond donors (Lipinski definition) is 1. The molecule has 1 fully saturated rings. The van der Waals surface area contributed by atoms with Crippen molar-refractivity contribution in [3.05, 3.63) is 113 Å². The highest BCUT2D eigenvalue weighted by atomic mass is 19.4. The van der Waals surface area contributed by atoms with Crippen molar-refractivity contribution in [1.82, 2.24) is 9.47 Å². The summed E-state index contributed by atoms with van der Waals surface area (Å²) >= 11 is 0. The molecule has 1 unspecified atom stereocenters. The Bertz CT molecular complexity index is 2050. The zero-order valence-electron chi connectivity index (χ0n) is 27.9. The van der Waals surface area contributed by atoms with Crippen molar-refractivity contribution >= 4 is 33.3 Å². The predicted molar refractivity (Wildman–Crippen MR) is 185 cm³/mol. The number of hydrogen-bond acceptors (Lipinski definition) is 6. The van der Waals surface area contributed by atoms with Crippen molar-refractivity contribution in [2.24, 2.45) is 0 Å². The number of fused-ring (bicyclic) bond motifs is 2. The van der Waals surface area contributed by atoms with Crippen LogP contribution in [-0.2, 0) is 28.1 Å². The summed E-state index contributed by atoms with van der Waals surface area (Å²) in [5.74, 6) is 0.572. The maximum atomic E-state index is 15.0. The summed E-state index contributed by atoms with van der Waals surface area (Å²) in [7, 11) is 1.50. The maximum absolute atomic E-state index is 15.0. The second-order valence-electron chi connectivity index (χ2n) is 12.6. The van der Waals surface area contributed by atoms with Gasteiger partial charge in [-0.1, -0.05) is 54.6 Å². The Kier molecular flexibility index (Phi) is 10.0. The molecule has 4 aromatic carbocycles. The second-order valence-corrected chi connectivity index (χ2v) is 12.6. The lowest BCUT2D eigenvalue weighted by Gasteiger charge is -2.39. The van der Waals surface area contributed by atoms with E-state index in [1.54, 1.807) is 40.7 Å². The van der Waals surface area contributed by atoms with Crippen molar-refractivity contribution in [2.45, 2.75) is 50.6 Å². The molecule has 50 heavy (non-hydrogen) atoms. The highest BCUT2D eigenvalue weighted by Crippen LogP contribution is 2.44. The molecule has 1 N–H and O–H groups in total. The SMILES string of the molecule is [C-]#[N+]c1ccc2c(C(O)(CN3CCC(Oc4ccc(CC(=O)OCC)cc4OC)CC3)C(F)(F)F)cn(Cc3ccc4ccccc4c3)c2c1. The van der Waals surface area contributed by atoms with Gasteiger partial charge in [0.25, 0.3) is 0 Å². The molecule has 1 aliphatic rings. The van der Waals surface area contributed by atoms with Gasteiger partial charge in [0, 0.05) is 48.8 Å². The minimum atomic E-state index is -4.99. The van der Waals surface area contributed by atoms with Crippen LogP contribution in [-0.4, -0.2) is 66.2 Å². The number of ether oxygens (including phenoxy) is 3. The summed E-state index contributed by atoms with van der Waals surface area (Å²) in [6.07, 6.45) is -2.94. The first kappa shape index (κ1) is 34.8. The van der Waals surface area contributed by atoms with Gasteiger partial charge in [-0.25, -0.2) is 4.85 Å². The van der Waals surface area contributed by atoms with Crippen molar-refractivity contribution in [2.75, 3.05) is 33.4 Å². The lowest BCUT2D eigenvalue weighted by molar-refractivity contribution is -0.272. The Morgan fingerprint density at radius 2 is 1.70 bits per heavy atom. The summed E-state index contributed by atoms with van der Waals surface area (Å²) in [6.45, 7) is 9.66. The van der Waals surface area contributed by atoms with Crippen molar-refractivity contribution in [1.29, 1.82) is 0 Å². The van der Waals surface area contributed by atoms with E-state index in [0.29, 0.717) is 41.1 Å². The number of rotatable bonds is 11. The molecule has 260 valence electrons. The summed E-state index contributed by atoms with van der Waals surface area (Å²) in [5.41, 5.74) is -1.10. The summed E-state index contributed by atoms with van der Waals surface area (Å²) in [6, 6.07) is 23.5. The van der Waals surface area contributed by atoms with Gasteiger partial charge in [-0.05, 0) is 65.9 Å². The van der Waals surface area contributed by atoms with Gasteiger partial charge < -0.3 is 23.9 Å². The number of carbonyl (C=O) groups excluding carboxylic acids is 1. The average Bonchev–Trinajstić information content (AvgIpc) is 3.46. The van der Waals surface area contributed by atoms with Crippen LogP contribution in [0.1, 0.15) is 36.5 Å². The number of likely N-dealkylation sites (tertiary alicyclic amines) is 1. The molecule has 1 aromatic heterocycles. The van der Waals surface area contributed by atoms with Gasteiger partial charge >= 0.3 is 12.1 Å². The Balaban J connectivity index is 1.21. The smallest absolute Gasteiger partial charge is 0.422 e. The van der Waals surface area contributed by atoms with E-state index in [1.165, 1.54) is 25.4 Å². The number of aromatic nitrogens is 1. The molecule has 0 saturated carbocycles. The number of β-amino-alcohol motifs (C(OH)–C–C–N with tert-alkyl or cyclic N) is 1. The largest absolute Gasteiger partial charge is 0.493 e. The zero-order chi connectivity index (χ0) is 35.5. The van der Waals surface area contributed by atoms with E-state index in [-0.39, 0.29) is 55.7 Å². The normalized spacial score (nSPS) is 15.5. The molecule has 1 saturated heterocycles. The third kappa shape index (κ3) is 7.27. The number of aliphatic hydroxyl groups is 1. The van der Waals surface area contributed by atoms with Crippen LogP contribution in [0.5, 0.6) is 11.5 Å². The molecular formula is C39H38F3N3O5. The zero-order valence-corrected chi connectivity index (χ0v) is 27.9. The van der Waals surface area contributed by atoms with Crippen LogP contribution in [0.2, 0.25) is 0 Å². The Morgan fingerprint density at radius 3 is 2.40 bits per heavy atom. The number of benzene rings is 4. The Hall–Kier alpha value is -5.05. The third-order valence-electron chi connectivity index (χ3n) is 9.24. The Labute approximate surface area is 288 Å². The molecule has 5 aromatic rings. The molecule has 1 atom stereocenters. The summed E-state index contributed by atoms with van der Waals surface area (Å²) < 4.78 is 63.5. The van der Waals surface area contributed by atoms with Gasteiger partial charge in [0.1, 0.15) is 6.10 Å². The monoisotopic (exact) mass is 685 g/mol. The van der Waals surface area contributed by atoms with Crippen LogP contribution < -0.4 is 9.47 Å². The van der Waals surface area contributed by atoms with Gasteiger partial charge in [0.2, 0.25) is 5.60 Å². The molecule has 0 aliphatic carbocycles. The number of carbonyl (C=O) groups is 1. The van der Waals surface area contributed by atoms with Crippen molar-refractivity contribution < 1.29 is 37.3 Å². The van der Waals surface area contributed by atoms with Crippen molar-refractivity contribution in [3.8, 4) is 11.5 Å². The van der Waals surface area contributed by atoms with Crippen LogP contribution in [0.15, 0.2) is 85.1 Å². The fraction of sp³-hybridized carbons (Fsp3) is 0.333. The van der Waals surface area contributed by atoms with E-state index in [9.17, 15) is 9.90 Å². The topological polar surface area (TPSA) is 77.5 Å². The van der Waals surface area contributed by atoms with E-state index in [2.05, 4.69) is 4.85 Å². The summed E-state index contributed by atoms with van der Waals surface area (Å²) in [5, 5.41) is 14.0. The molecule has 0 bridgehead atoms. The molecule has 2 heterocycles. The highest BCUT2D eigenvalue weighted by molar-refractivity contribution is 5.88. The first-order valence-corrected chi connectivity index (χ1v) is 16.5. The highest BCUT2D eigenvalue weighted by Gasteiger charge is 2.57. The van der Waals surface area contributed by atoms with E-state index in [0.717, 1.165) is 16.3 Å². The Morgan fingerprint density at radius 1 is 0.960 bits per heavy atom. The molecule has 8 nitrogen and oxygen atoms in total. The van der Waals surface area contributed by atoms with E-state index in [4.69, 9.17) is 20.8 Å². The van der Waals surface area contributed by atoms with Gasteiger partial charge in [-0.2, -0.15) is 13.2 Å². The molecule has 1 aliphatic heterocycles. The fourth-order valence-corrected chi connectivity index (χ4v) is 6.66.